The highest BCUT2D eigenvalue weighted by atomic mass is 16.5. The molecule has 0 bridgehead atoms. The summed E-state index contributed by atoms with van der Waals surface area (Å²) >= 11 is 0. The highest BCUT2D eigenvalue weighted by Crippen LogP contribution is 2.33. The van der Waals surface area contributed by atoms with E-state index < -0.39 is 0 Å². The molecular weight excluding hydrogens is 428 g/mol. The van der Waals surface area contributed by atoms with Gasteiger partial charge in [0.15, 0.2) is 5.82 Å². The molecule has 0 saturated carbocycles. The number of nitrogens with zero attached hydrogens (tertiary/aromatic N) is 7. The Morgan fingerprint density at radius 1 is 1.06 bits per heavy atom. The molecule has 0 saturated heterocycles. The van der Waals surface area contributed by atoms with E-state index in [1.807, 2.05) is 58.9 Å². The van der Waals surface area contributed by atoms with Gasteiger partial charge < -0.3 is 14.3 Å². The SMILES string of the molecule is COc1nc(-c2nc3n(n2)CCC[C@@H]3c2ncc(-c3ccccc3)[nH]2)ccc1-n1cnc(C)c1. The molecule has 0 unspecified atom stereocenters. The third-order valence-electron chi connectivity index (χ3n) is 6.14. The summed E-state index contributed by atoms with van der Waals surface area (Å²) in [5.41, 5.74) is 4.53. The minimum atomic E-state index is 0.0579. The minimum Gasteiger partial charge on any atom is -0.479 e. The number of rotatable bonds is 5. The van der Waals surface area contributed by atoms with E-state index in [9.17, 15) is 0 Å². The van der Waals surface area contributed by atoms with Crippen LogP contribution in [0.4, 0.5) is 0 Å². The van der Waals surface area contributed by atoms with Crippen molar-refractivity contribution in [2.45, 2.75) is 32.2 Å². The number of ether oxygens (including phenoxy) is 1. The van der Waals surface area contributed by atoms with Gasteiger partial charge in [-0.1, -0.05) is 30.3 Å². The normalized spacial score (nSPS) is 15.3. The predicted molar refractivity (Wildman–Crippen MR) is 127 cm³/mol. The Bertz CT molecular complexity index is 1450. The fourth-order valence-corrected chi connectivity index (χ4v) is 4.45. The van der Waals surface area contributed by atoms with Gasteiger partial charge in [-0.15, -0.1) is 5.10 Å². The van der Waals surface area contributed by atoms with Crippen molar-refractivity contribution >= 4 is 0 Å². The number of fused-ring (bicyclic) bond motifs is 1. The number of aryl methyl sites for hydroxylation is 2. The summed E-state index contributed by atoms with van der Waals surface area (Å²) in [6.07, 6.45) is 7.56. The maximum Gasteiger partial charge on any atom is 0.238 e. The molecule has 9 nitrogen and oxygen atoms in total. The average Bonchev–Trinajstić information content (AvgIpc) is 3.63. The Balaban J connectivity index is 1.34. The third kappa shape index (κ3) is 3.55. The number of methoxy groups -OCH3 is 1. The van der Waals surface area contributed by atoms with Crippen molar-refractivity contribution in [2.24, 2.45) is 0 Å². The summed E-state index contributed by atoms with van der Waals surface area (Å²) in [5.74, 6) is 2.96. The second kappa shape index (κ2) is 8.26. The van der Waals surface area contributed by atoms with Crippen LogP contribution in [0.25, 0.3) is 28.5 Å². The van der Waals surface area contributed by atoms with Gasteiger partial charge in [0.1, 0.15) is 23.0 Å². The molecule has 0 fully saturated rings. The molecule has 0 radical (unpaired) electrons. The zero-order valence-corrected chi connectivity index (χ0v) is 19.0. The molecule has 34 heavy (non-hydrogen) atoms. The van der Waals surface area contributed by atoms with E-state index in [2.05, 4.69) is 22.1 Å². The van der Waals surface area contributed by atoms with Gasteiger partial charge in [-0.2, -0.15) is 0 Å². The van der Waals surface area contributed by atoms with Gasteiger partial charge in [-0.25, -0.2) is 24.6 Å². The second-order valence-electron chi connectivity index (χ2n) is 8.41. The van der Waals surface area contributed by atoms with Gasteiger partial charge in [0.2, 0.25) is 5.88 Å². The average molecular weight is 453 g/mol. The number of hydrogen-bond acceptors (Lipinski definition) is 6. The predicted octanol–water partition coefficient (Wildman–Crippen LogP) is 4.16. The van der Waals surface area contributed by atoms with Gasteiger partial charge >= 0.3 is 0 Å². The van der Waals surface area contributed by atoms with Gasteiger partial charge in [-0.05, 0) is 37.5 Å². The molecule has 4 aromatic heterocycles. The lowest BCUT2D eigenvalue weighted by atomic mass is 9.98. The van der Waals surface area contributed by atoms with Crippen LogP contribution in [0.5, 0.6) is 5.88 Å². The Hall–Kier alpha value is -4.27. The van der Waals surface area contributed by atoms with E-state index in [0.29, 0.717) is 17.4 Å². The smallest absolute Gasteiger partial charge is 0.238 e. The summed E-state index contributed by atoms with van der Waals surface area (Å²) < 4.78 is 9.45. The van der Waals surface area contributed by atoms with E-state index in [4.69, 9.17) is 24.8 Å². The summed E-state index contributed by atoms with van der Waals surface area (Å²) in [5, 5.41) is 4.77. The molecule has 5 heterocycles. The fourth-order valence-electron chi connectivity index (χ4n) is 4.45. The number of pyridine rings is 1. The van der Waals surface area contributed by atoms with Gasteiger partial charge in [0.05, 0.1) is 36.9 Å². The topological polar surface area (TPSA) is 99.3 Å². The standard InChI is InChI=1S/C25H24N8O/c1-16-14-32(15-27-16)21-11-10-19(29-25(21)34-2)23-30-24-18(9-6-12-33(24)31-23)22-26-13-20(28-22)17-7-4-3-5-8-17/h3-5,7-8,10-11,13-15,18H,6,9,12H2,1-2H3,(H,26,28)/t18-/m1/s1. The third-order valence-corrected chi connectivity index (χ3v) is 6.14. The molecule has 1 aliphatic heterocycles. The minimum absolute atomic E-state index is 0.0579. The van der Waals surface area contributed by atoms with E-state index >= 15 is 0 Å². The number of nitrogens with one attached hydrogen (secondary N) is 1. The maximum absolute atomic E-state index is 5.57. The molecule has 1 aliphatic rings. The van der Waals surface area contributed by atoms with Crippen LogP contribution < -0.4 is 4.74 Å². The lowest BCUT2D eigenvalue weighted by molar-refractivity contribution is 0.396. The molecule has 1 atom stereocenters. The Morgan fingerprint density at radius 2 is 1.94 bits per heavy atom. The fraction of sp³-hybridized carbons (Fsp3) is 0.240. The summed E-state index contributed by atoms with van der Waals surface area (Å²) in [4.78, 5) is 22.1. The van der Waals surface area contributed by atoms with E-state index in [1.165, 1.54) is 0 Å². The van der Waals surface area contributed by atoms with Crippen LogP contribution >= 0.6 is 0 Å². The number of imidazole rings is 2. The number of benzene rings is 1. The number of aromatic amines is 1. The van der Waals surface area contributed by atoms with Crippen LogP contribution in [0, 0.1) is 6.92 Å². The van der Waals surface area contributed by atoms with Crippen molar-refractivity contribution < 1.29 is 4.74 Å². The molecule has 5 aromatic rings. The first-order valence-corrected chi connectivity index (χ1v) is 11.3. The first-order valence-electron chi connectivity index (χ1n) is 11.3. The molecule has 0 aliphatic carbocycles. The number of hydrogen-bond donors (Lipinski definition) is 1. The van der Waals surface area contributed by atoms with Crippen molar-refractivity contribution in [3.63, 3.8) is 0 Å². The molecule has 9 heteroatoms. The van der Waals surface area contributed by atoms with Crippen molar-refractivity contribution in [1.82, 2.24) is 39.3 Å². The first-order chi connectivity index (χ1) is 16.7. The van der Waals surface area contributed by atoms with Gasteiger partial charge in [0, 0.05) is 12.7 Å². The molecule has 170 valence electrons. The monoisotopic (exact) mass is 452 g/mol. The van der Waals surface area contributed by atoms with Gasteiger partial charge in [0.25, 0.3) is 0 Å². The molecule has 0 amide bonds. The van der Waals surface area contributed by atoms with E-state index in [1.54, 1.807) is 13.4 Å². The molecular formula is C25H24N8O. The van der Waals surface area contributed by atoms with Crippen LogP contribution in [0.2, 0.25) is 0 Å². The van der Waals surface area contributed by atoms with E-state index in [0.717, 1.165) is 53.7 Å². The number of aromatic nitrogens is 8. The zero-order chi connectivity index (χ0) is 23.1. The highest BCUT2D eigenvalue weighted by molar-refractivity contribution is 5.58. The number of H-pyrrole nitrogens is 1. The summed E-state index contributed by atoms with van der Waals surface area (Å²) in [7, 11) is 1.61. The van der Waals surface area contributed by atoms with E-state index in [-0.39, 0.29) is 5.92 Å². The van der Waals surface area contributed by atoms with Crippen LogP contribution in [0.15, 0.2) is 61.2 Å². The Kier molecular flexibility index (Phi) is 4.94. The Morgan fingerprint density at radius 3 is 2.74 bits per heavy atom. The van der Waals surface area contributed by atoms with Crippen molar-refractivity contribution in [3.8, 4) is 34.3 Å². The van der Waals surface area contributed by atoms with Crippen molar-refractivity contribution in [1.29, 1.82) is 0 Å². The van der Waals surface area contributed by atoms with Crippen LogP contribution in [0.1, 0.15) is 36.1 Å². The maximum atomic E-state index is 5.57. The zero-order valence-electron chi connectivity index (χ0n) is 19.0. The molecule has 0 spiro atoms. The highest BCUT2D eigenvalue weighted by Gasteiger charge is 2.29. The van der Waals surface area contributed by atoms with Crippen LogP contribution in [0.3, 0.4) is 0 Å². The van der Waals surface area contributed by atoms with Crippen molar-refractivity contribution in [2.75, 3.05) is 7.11 Å². The molecule has 6 rings (SSSR count). The van der Waals surface area contributed by atoms with Crippen molar-refractivity contribution in [3.05, 3.63) is 78.5 Å². The largest absolute Gasteiger partial charge is 0.479 e. The quantitative estimate of drug-likeness (QED) is 0.430. The van der Waals surface area contributed by atoms with Crippen LogP contribution in [-0.2, 0) is 6.54 Å². The first kappa shape index (κ1) is 20.3. The van der Waals surface area contributed by atoms with Crippen LogP contribution in [-0.4, -0.2) is 46.4 Å². The summed E-state index contributed by atoms with van der Waals surface area (Å²) in [6, 6.07) is 14.1. The lowest BCUT2D eigenvalue weighted by Gasteiger charge is -2.20. The second-order valence-corrected chi connectivity index (χ2v) is 8.41. The van der Waals surface area contributed by atoms with Gasteiger partial charge in [-0.3, -0.25) is 0 Å². The summed E-state index contributed by atoms with van der Waals surface area (Å²) in [6.45, 7) is 2.77. The lowest BCUT2D eigenvalue weighted by Crippen LogP contribution is -2.18. The Labute approximate surface area is 196 Å². The molecule has 1 aromatic carbocycles. The molecule has 1 N–H and O–H groups in total.